The fourth-order valence-electron chi connectivity index (χ4n) is 2.02. The lowest BCUT2D eigenvalue weighted by Crippen LogP contribution is -2.39. The summed E-state index contributed by atoms with van der Waals surface area (Å²) in [6, 6.07) is 6.10. The monoisotopic (exact) mass is 483 g/mol. The van der Waals surface area contributed by atoms with Gasteiger partial charge in [0.25, 0.3) is 0 Å². The summed E-state index contributed by atoms with van der Waals surface area (Å²) in [5.41, 5.74) is 2.19. The molecule has 0 saturated heterocycles. The third-order valence-electron chi connectivity index (χ3n) is 3.50. The Morgan fingerprint density at radius 1 is 1.24 bits per heavy atom. The number of benzene rings is 1. The number of nitrogens with zero attached hydrogens (tertiary/aromatic N) is 1. The number of ether oxygens (including phenoxy) is 1. The van der Waals surface area contributed by atoms with Crippen molar-refractivity contribution in [3.05, 3.63) is 29.3 Å². The summed E-state index contributed by atoms with van der Waals surface area (Å²) >= 11 is 0. The number of hydrogen-bond acceptors (Lipinski definition) is 4. The summed E-state index contributed by atoms with van der Waals surface area (Å²) in [4.78, 5) is 4.12. The maximum atomic E-state index is 11.5. The highest BCUT2D eigenvalue weighted by molar-refractivity contribution is 14.0. The molecule has 0 aliphatic rings. The lowest BCUT2D eigenvalue weighted by Gasteiger charge is -2.15. The maximum absolute atomic E-state index is 11.5. The topological polar surface area (TPSA) is 79.8 Å². The fraction of sp³-hybridized carbons (Fsp3) is 0.588. The average molecular weight is 483 g/mol. The number of aryl methyl sites for hydroxylation is 1. The van der Waals surface area contributed by atoms with Gasteiger partial charge in [-0.2, -0.15) is 0 Å². The molecule has 0 bridgehead atoms. The van der Waals surface area contributed by atoms with E-state index in [1.165, 1.54) is 0 Å². The smallest absolute Gasteiger partial charge is 0.191 e. The average Bonchev–Trinajstić information content (AvgIpc) is 2.57. The summed E-state index contributed by atoms with van der Waals surface area (Å²) in [6.07, 6.45) is 0.954. The van der Waals surface area contributed by atoms with E-state index in [4.69, 9.17) is 4.74 Å². The molecule has 0 heterocycles. The zero-order valence-electron chi connectivity index (χ0n) is 15.5. The van der Waals surface area contributed by atoms with Crippen molar-refractivity contribution in [2.75, 3.05) is 31.7 Å². The number of aliphatic imine (C=N–C) groups is 1. The van der Waals surface area contributed by atoms with Crippen LogP contribution in [0.3, 0.4) is 0 Å². The molecule has 1 aromatic rings. The first-order chi connectivity index (χ1) is 11.4. The summed E-state index contributed by atoms with van der Waals surface area (Å²) in [5, 5.41) is 6.21. The molecule has 0 saturated carbocycles. The molecule has 0 atom stereocenters. The van der Waals surface area contributed by atoms with Crippen molar-refractivity contribution in [2.45, 2.75) is 33.7 Å². The predicted molar refractivity (Wildman–Crippen MR) is 115 cm³/mol. The van der Waals surface area contributed by atoms with Crippen LogP contribution in [-0.4, -0.2) is 46.1 Å². The number of halogens is 1. The van der Waals surface area contributed by atoms with Gasteiger partial charge in [-0.3, -0.25) is 4.99 Å². The third-order valence-corrected chi connectivity index (χ3v) is 5.21. The van der Waals surface area contributed by atoms with Crippen molar-refractivity contribution < 1.29 is 13.2 Å². The lowest BCUT2D eigenvalue weighted by molar-refractivity contribution is 0.313. The molecule has 25 heavy (non-hydrogen) atoms. The Balaban J connectivity index is 0.00000576. The Kier molecular flexibility index (Phi) is 11.8. The van der Waals surface area contributed by atoms with Crippen LogP contribution in [0.25, 0.3) is 0 Å². The van der Waals surface area contributed by atoms with Gasteiger partial charge in [0.2, 0.25) is 0 Å². The van der Waals surface area contributed by atoms with Crippen molar-refractivity contribution in [2.24, 2.45) is 4.99 Å². The van der Waals surface area contributed by atoms with E-state index in [9.17, 15) is 8.42 Å². The summed E-state index contributed by atoms with van der Waals surface area (Å²) in [6.45, 7) is 7.33. The summed E-state index contributed by atoms with van der Waals surface area (Å²) in [7, 11) is -1.32. The van der Waals surface area contributed by atoms with Gasteiger partial charge in [0.1, 0.15) is 5.75 Å². The number of nitrogens with one attached hydrogen (secondary N) is 2. The van der Waals surface area contributed by atoms with Gasteiger partial charge in [0.15, 0.2) is 15.8 Å². The summed E-state index contributed by atoms with van der Waals surface area (Å²) in [5.74, 6) is 1.69. The van der Waals surface area contributed by atoms with Crippen LogP contribution in [0.1, 0.15) is 31.4 Å². The van der Waals surface area contributed by atoms with Gasteiger partial charge >= 0.3 is 0 Å². The highest BCUT2D eigenvalue weighted by Gasteiger charge is 2.08. The van der Waals surface area contributed by atoms with Gasteiger partial charge in [0.05, 0.1) is 12.4 Å². The Morgan fingerprint density at radius 3 is 2.56 bits per heavy atom. The Labute approximate surface area is 168 Å². The molecular weight excluding hydrogens is 453 g/mol. The van der Waals surface area contributed by atoms with Crippen molar-refractivity contribution in [3.8, 4) is 5.75 Å². The molecule has 8 heteroatoms. The fourth-order valence-corrected chi connectivity index (χ4v) is 2.72. The van der Waals surface area contributed by atoms with E-state index in [-0.39, 0.29) is 35.5 Å². The van der Waals surface area contributed by atoms with Gasteiger partial charge < -0.3 is 15.4 Å². The van der Waals surface area contributed by atoms with E-state index in [2.05, 4.69) is 22.5 Å². The molecule has 6 nitrogen and oxygen atoms in total. The summed E-state index contributed by atoms with van der Waals surface area (Å²) < 4.78 is 28.8. The molecule has 0 radical (unpaired) electrons. The van der Waals surface area contributed by atoms with Gasteiger partial charge in [0, 0.05) is 31.5 Å². The highest BCUT2D eigenvalue weighted by atomic mass is 127. The predicted octanol–water partition coefficient (Wildman–Crippen LogP) is 2.50. The van der Waals surface area contributed by atoms with E-state index in [1.807, 2.05) is 25.1 Å². The quantitative estimate of drug-likeness (QED) is 0.321. The molecule has 1 rings (SSSR count). The van der Waals surface area contributed by atoms with E-state index in [0.29, 0.717) is 25.7 Å². The van der Waals surface area contributed by atoms with Crippen LogP contribution in [0, 0.1) is 6.92 Å². The second-order valence-corrected chi connectivity index (χ2v) is 8.02. The van der Waals surface area contributed by atoms with Crippen LogP contribution < -0.4 is 15.4 Å². The van der Waals surface area contributed by atoms with Crippen LogP contribution in [0.2, 0.25) is 0 Å². The highest BCUT2D eigenvalue weighted by Crippen LogP contribution is 2.20. The van der Waals surface area contributed by atoms with Gasteiger partial charge in [-0.25, -0.2) is 8.42 Å². The van der Waals surface area contributed by atoms with Crippen molar-refractivity contribution >= 4 is 39.8 Å². The number of hydrogen-bond donors (Lipinski definition) is 2. The number of rotatable bonds is 9. The van der Waals surface area contributed by atoms with E-state index >= 15 is 0 Å². The molecule has 0 fully saturated rings. The molecular formula is C17H30IN3O3S. The third kappa shape index (κ3) is 9.29. The first kappa shape index (κ1) is 24.0. The molecule has 0 aliphatic heterocycles. The first-order valence-electron chi connectivity index (χ1n) is 8.29. The number of guanidine groups is 1. The molecule has 144 valence electrons. The SMILES string of the molecule is CCCOc1cc(C)ccc1CNC(=NC)NCCS(=O)(=O)CC.I. The number of sulfone groups is 1. The molecule has 0 unspecified atom stereocenters. The van der Waals surface area contributed by atoms with Crippen LogP contribution >= 0.6 is 24.0 Å². The van der Waals surface area contributed by atoms with Gasteiger partial charge in [-0.15, -0.1) is 24.0 Å². The van der Waals surface area contributed by atoms with E-state index in [1.54, 1.807) is 14.0 Å². The molecule has 0 spiro atoms. The zero-order chi connectivity index (χ0) is 18.0. The van der Waals surface area contributed by atoms with E-state index in [0.717, 1.165) is 23.3 Å². The molecule has 0 aliphatic carbocycles. The Morgan fingerprint density at radius 2 is 1.96 bits per heavy atom. The molecule has 0 aromatic heterocycles. The largest absolute Gasteiger partial charge is 0.493 e. The maximum Gasteiger partial charge on any atom is 0.191 e. The van der Waals surface area contributed by atoms with Crippen LogP contribution in [0.4, 0.5) is 0 Å². The second-order valence-electron chi connectivity index (χ2n) is 5.55. The standard InChI is InChI=1S/C17H29N3O3S.HI/c1-5-10-23-16-12-14(3)7-8-15(16)13-20-17(18-4)19-9-11-24(21,22)6-2;/h7-8,12H,5-6,9-11,13H2,1-4H3,(H2,18,19,20);1H. The Hall–Kier alpha value is -1.03. The Bertz CT molecular complexity index is 649. The van der Waals surface area contributed by atoms with E-state index < -0.39 is 9.84 Å². The second kappa shape index (κ2) is 12.3. The van der Waals surface area contributed by atoms with Crippen molar-refractivity contribution in [3.63, 3.8) is 0 Å². The normalized spacial score (nSPS) is 11.6. The minimum absolute atomic E-state index is 0. The minimum Gasteiger partial charge on any atom is -0.493 e. The first-order valence-corrected chi connectivity index (χ1v) is 10.1. The molecule has 0 amide bonds. The van der Waals surface area contributed by atoms with Crippen LogP contribution in [0.15, 0.2) is 23.2 Å². The van der Waals surface area contributed by atoms with Crippen LogP contribution in [-0.2, 0) is 16.4 Å². The van der Waals surface area contributed by atoms with Crippen molar-refractivity contribution in [1.82, 2.24) is 10.6 Å². The lowest BCUT2D eigenvalue weighted by atomic mass is 10.1. The van der Waals surface area contributed by atoms with Crippen molar-refractivity contribution in [1.29, 1.82) is 0 Å². The van der Waals surface area contributed by atoms with Gasteiger partial charge in [-0.05, 0) is 25.0 Å². The molecule has 2 N–H and O–H groups in total. The zero-order valence-corrected chi connectivity index (χ0v) is 18.6. The van der Waals surface area contributed by atoms with Crippen LogP contribution in [0.5, 0.6) is 5.75 Å². The van der Waals surface area contributed by atoms with Gasteiger partial charge in [-0.1, -0.05) is 26.0 Å². The minimum atomic E-state index is -2.98. The molecule has 1 aromatic carbocycles.